The number of amides is 1. The van der Waals surface area contributed by atoms with Crippen molar-refractivity contribution in [2.45, 2.75) is 25.8 Å². The molecule has 0 fully saturated rings. The Bertz CT molecular complexity index is 577. The molecule has 0 saturated carbocycles. The number of hydrogen-bond donors (Lipinski definition) is 3. The van der Waals surface area contributed by atoms with E-state index < -0.39 is 0 Å². The van der Waals surface area contributed by atoms with Gasteiger partial charge in [0, 0.05) is 23.7 Å². The fraction of sp³-hybridized carbons (Fsp3) is 0.357. The zero-order valence-corrected chi connectivity index (χ0v) is 10.8. The minimum atomic E-state index is -0.268. The number of nitrogen functional groups attached to an aromatic ring is 1. The molecule has 2 rings (SSSR count). The fourth-order valence-electron chi connectivity index (χ4n) is 1.96. The predicted octanol–water partition coefficient (Wildman–Crippen LogP) is 1.91. The molecule has 5 heteroatoms. The van der Waals surface area contributed by atoms with Gasteiger partial charge >= 0.3 is 0 Å². The first-order chi connectivity index (χ1) is 9.13. The van der Waals surface area contributed by atoms with Gasteiger partial charge in [0.1, 0.15) is 5.58 Å². The molecule has 0 aliphatic heterocycles. The first kappa shape index (κ1) is 13.4. The lowest BCUT2D eigenvalue weighted by Gasteiger charge is -2.14. The van der Waals surface area contributed by atoms with E-state index in [1.165, 1.54) is 0 Å². The van der Waals surface area contributed by atoms with Crippen LogP contribution in [-0.4, -0.2) is 23.7 Å². The molecule has 1 aromatic heterocycles. The van der Waals surface area contributed by atoms with Crippen molar-refractivity contribution in [3.63, 3.8) is 0 Å². The lowest BCUT2D eigenvalue weighted by Crippen LogP contribution is -2.34. The van der Waals surface area contributed by atoms with Gasteiger partial charge in [-0.05, 0) is 37.1 Å². The van der Waals surface area contributed by atoms with Gasteiger partial charge in [-0.25, -0.2) is 0 Å². The molecule has 5 nitrogen and oxygen atoms in total. The number of nitrogens with two attached hydrogens (primary N) is 1. The molecular weight excluding hydrogens is 244 g/mol. The lowest BCUT2D eigenvalue weighted by molar-refractivity contribution is 0.0903. The minimum absolute atomic E-state index is 0.0456. The van der Waals surface area contributed by atoms with Crippen molar-refractivity contribution in [2.24, 2.45) is 0 Å². The molecule has 1 atom stereocenters. The van der Waals surface area contributed by atoms with Crippen molar-refractivity contribution in [1.82, 2.24) is 5.32 Å². The molecule has 0 saturated heterocycles. The number of carbonyl (C=O) groups is 1. The number of rotatable bonds is 5. The standard InChI is InChI=1S/C14H18N2O3/c1-2-11(5-6-17)16-14(18)13-8-9-7-10(15)3-4-12(9)19-13/h3-4,7-8,11,17H,2,5-6,15H2,1H3,(H,16,18). The third-order valence-corrected chi connectivity index (χ3v) is 3.07. The van der Waals surface area contributed by atoms with Crippen LogP contribution in [0.1, 0.15) is 30.3 Å². The summed E-state index contributed by atoms with van der Waals surface area (Å²) in [4.78, 5) is 12.0. The molecule has 0 radical (unpaired) electrons. The molecule has 0 aliphatic rings. The number of furan rings is 1. The molecule has 1 aromatic carbocycles. The maximum absolute atomic E-state index is 12.0. The van der Waals surface area contributed by atoms with E-state index in [0.29, 0.717) is 17.7 Å². The summed E-state index contributed by atoms with van der Waals surface area (Å²) in [5.41, 5.74) is 6.95. The van der Waals surface area contributed by atoms with Gasteiger partial charge in [0.25, 0.3) is 5.91 Å². The Morgan fingerprint density at radius 2 is 2.26 bits per heavy atom. The van der Waals surface area contributed by atoms with Crippen LogP contribution in [0.5, 0.6) is 0 Å². The highest BCUT2D eigenvalue weighted by Crippen LogP contribution is 2.21. The van der Waals surface area contributed by atoms with Crippen LogP contribution in [0.2, 0.25) is 0 Å². The van der Waals surface area contributed by atoms with Gasteiger partial charge in [0.15, 0.2) is 5.76 Å². The summed E-state index contributed by atoms with van der Waals surface area (Å²) in [5.74, 6) is -0.00735. The average molecular weight is 262 g/mol. The zero-order valence-electron chi connectivity index (χ0n) is 10.8. The molecule has 1 amide bonds. The number of aliphatic hydroxyl groups is 1. The van der Waals surface area contributed by atoms with Crippen molar-refractivity contribution in [3.05, 3.63) is 30.0 Å². The third-order valence-electron chi connectivity index (χ3n) is 3.07. The molecule has 4 N–H and O–H groups in total. The molecule has 0 spiro atoms. The van der Waals surface area contributed by atoms with Crippen LogP contribution in [0.15, 0.2) is 28.7 Å². The Morgan fingerprint density at radius 1 is 1.47 bits per heavy atom. The Balaban J connectivity index is 2.17. The number of carbonyl (C=O) groups excluding carboxylic acids is 1. The Morgan fingerprint density at radius 3 is 2.95 bits per heavy atom. The lowest BCUT2D eigenvalue weighted by atomic mass is 10.1. The van der Waals surface area contributed by atoms with E-state index in [1.807, 2.05) is 6.92 Å². The highest BCUT2D eigenvalue weighted by atomic mass is 16.3. The number of benzene rings is 1. The molecule has 102 valence electrons. The molecule has 1 unspecified atom stereocenters. The van der Waals surface area contributed by atoms with E-state index in [9.17, 15) is 4.79 Å². The van der Waals surface area contributed by atoms with Gasteiger partial charge in [0.2, 0.25) is 0 Å². The molecular formula is C14H18N2O3. The van der Waals surface area contributed by atoms with E-state index >= 15 is 0 Å². The van der Waals surface area contributed by atoms with E-state index in [2.05, 4.69) is 5.32 Å². The molecule has 0 bridgehead atoms. The summed E-state index contributed by atoms with van der Waals surface area (Å²) in [6.45, 7) is 2.01. The predicted molar refractivity (Wildman–Crippen MR) is 73.9 cm³/mol. The van der Waals surface area contributed by atoms with Gasteiger partial charge in [-0.15, -0.1) is 0 Å². The van der Waals surface area contributed by atoms with Gasteiger partial charge in [-0.2, -0.15) is 0 Å². The first-order valence-electron chi connectivity index (χ1n) is 6.34. The third kappa shape index (κ3) is 3.06. The Hall–Kier alpha value is -2.01. The van der Waals surface area contributed by atoms with Crippen LogP contribution in [-0.2, 0) is 0 Å². The van der Waals surface area contributed by atoms with E-state index in [4.69, 9.17) is 15.3 Å². The number of aliphatic hydroxyl groups excluding tert-OH is 1. The Kier molecular flexibility index (Phi) is 4.06. The summed E-state index contributed by atoms with van der Waals surface area (Å²) in [7, 11) is 0. The van der Waals surface area contributed by atoms with E-state index in [1.54, 1.807) is 24.3 Å². The summed E-state index contributed by atoms with van der Waals surface area (Å²) in [5, 5.41) is 12.5. The highest BCUT2D eigenvalue weighted by molar-refractivity contribution is 5.96. The van der Waals surface area contributed by atoms with Gasteiger partial charge < -0.3 is 20.6 Å². The van der Waals surface area contributed by atoms with Crippen molar-refractivity contribution in [1.29, 1.82) is 0 Å². The van der Waals surface area contributed by atoms with Crippen LogP contribution in [0.25, 0.3) is 11.0 Å². The SMILES string of the molecule is CCC(CCO)NC(=O)c1cc2cc(N)ccc2o1. The second-order valence-electron chi connectivity index (χ2n) is 4.50. The fourth-order valence-corrected chi connectivity index (χ4v) is 1.96. The largest absolute Gasteiger partial charge is 0.451 e. The topological polar surface area (TPSA) is 88.5 Å². The van der Waals surface area contributed by atoms with Crippen LogP contribution in [0, 0.1) is 0 Å². The summed E-state index contributed by atoms with van der Waals surface area (Å²) in [6, 6.07) is 6.87. The van der Waals surface area contributed by atoms with Crippen molar-refractivity contribution in [2.75, 3.05) is 12.3 Å². The Labute approximate surface area is 111 Å². The van der Waals surface area contributed by atoms with Crippen molar-refractivity contribution < 1.29 is 14.3 Å². The molecule has 2 aromatic rings. The number of anilines is 1. The highest BCUT2D eigenvalue weighted by Gasteiger charge is 2.15. The maximum Gasteiger partial charge on any atom is 0.287 e. The number of fused-ring (bicyclic) bond motifs is 1. The first-order valence-corrected chi connectivity index (χ1v) is 6.34. The van der Waals surface area contributed by atoms with Gasteiger partial charge in [-0.3, -0.25) is 4.79 Å². The molecule has 1 heterocycles. The second kappa shape index (κ2) is 5.75. The smallest absolute Gasteiger partial charge is 0.287 e. The van der Waals surface area contributed by atoms with Gasteiger partial charge in [0.05, 0.1) is 0 Å². The summed E-state index contributed by atoms with van der Waals surface area (Å²) >= 11 is 0. The van der Waals surface area contributed by atoms with Crippen molar-refractivity contribution in [3.8, 4) is 0 Å². The van der Waals surface area contributed by atoms with E-state index in [-0.39, 0.29) is 24.3 Å². The average Bonchev–Trinajstić information content (AvgIpc) is 2.81. The number of nitrogens with one attached hydrogen (secondary N) is 1. The monoisotopic (exact) mass is 262 g/mol. The zero-order chi connectivity index (χ0) is 13.8. The van der Waals surface area contributed by atoms with Crippen LogP contribution < -0.4 is 11.1 Å². The normalized spacial score (nSPS) is 12.5. The van der Waals surface area contributed by atoms with Crippen molar-refractivity contribution >= 4 is 22.6 Å². The molecule has 0 aliphatic carbocycles. The summed E-state index contributed by atoms with van der Waals surface area (Å²) in [6.07, 6.45) is 1.30. The van der Waals surface area contributed by atoms with E-state index in [0.717, 1.165) is 11.8 Å². The second-order valence-corrected chi connectivity index (χ2v) is 4.50. The minimum Gasteiger partial charge on any atom is -0.451 e. The quantitative estimate of drug-likeness (QED) is 0.718. The van der Waals surface area contributed by atoms with Crippen LogP contribution >= 0.6 is 0 Å². The van der Waals surface area contributed by atoms with Gasteiger partial charge in [-0.1, -0.05) is 6.92 Å². The molecule has 19 heavy (non-hydrogen) atoms. The number of hydrogen-bond acceptors (Lipinski definition) is 4. The van der Waals surface area contributed by atoms with Crippen LogP contribution in [0.3, 0.4) is 0 Å². The van der Waals surface area contributed by atoms with Crippen LogP contribution in [0.4, 0.5) is 5.69 Å². The maximum atomic E-state index is 12.0. The summed E-state index contributed by atoms with van der Waals surface area (Å²) < 4.78 is 5.48.